The molecule has 0 amide bonds. The minimum Gasteiger partial charge on any atom is -0.462 e. The van der Waals surface area contributed by atoms with Gasteiger partial charge in [0.1, 0.15) is 12.7 Å². The molecule has 0 rings (SSSR count). The second-order valence-corrected chi connectivity index (χ2v) is 19.3. The number of rotatable bonds is 43. The number of carbonyl (C=O) groups is 2. The Morgan fingerprint density at radius 3 is 1.65 bits per heavy atom. The maximum Gasteiger partial charge on any atom is 0.472 e. The number of esters is 2. The van der Waals surface area contributed by atoms with Crippen molar-refractivity contribution in [2.24, 2.45) is 5.92 Å². The first-order chi connectivity index (χ1) is 30.0. The molecule has 0 saturated heterocycles. The highest BCUT2D eigenvalue weighted by Crippen LogP contribution is 2.43. The molecular formula is C46H84O15P2. The molecule has 0 aromatic heterocycles. The highest BCUT2D eigenvalue weighted by molar-refractivity contribution is 7.47. The smallest absolute Gasteiger partial charge is 0.462 e. The van der Waals surface area contributed by atoms with Gasteiger partial charge in [0.2, 0.25) is 0 Å². The lowest BCUT2D eigenvalue weighted by molar-refractivity contribution is -0.161. The maximum absolute atomic E-state index is 12.7. The van der Waals surface area contributed by atoms with Gasteiger partial charge in [-0.25, -0.2) is 9.13 Å². The summed E-state index contributed by atoms with van der Waals surface area (Å²) in [7, 11) is -9.77. The van der Waals surface area contributed by atoms with Gasteiger partial charge in [0.15, 0.2) is 6.10 Å². The van der Waals surface area contributed by atoms with Crippen molar-refractivity contribution in [2.45, 2.75) is 199 Å². The molecule has 5 atom stereocenters. The van der Waals surface area contributed by atoms with Crippen molar-refractivity contribution in [3.8, 4) is 0 Å². The molecule has 0 aliphatic heterocycles. The van der Waals surface area contributed by atoms with Crippen LogP contribution in [0.4, 0.5) is 0 Å². The molecule has 1 unspecified atom stereocenters. The van der Waals surface area contributed by atoms with Crippen molar-refractivity contribution in [3.63, 3.8) is 0 Å². The molecule has 0 fully saturated rings. The van der Waals surface area contributed by atoms with Gasteiger partial charge in [0.25, 0.3) is 0 Å². The van der Waals surface area contributed by atoms with E-state index in [1.807, 2.05) is 6.08 Å². The number of aliphatic hydroxyl groups is 3. The Hall–Kier alpha value is -2.00. The molecule has 0 radical (unpaired) electrons. The van der Waals surface area contributed by atoms with E-state index in [2.05, 4.69) is 35.9 Å². The van der Waals surface area contributed by atoms with E-state index < -0.39 is 78.4 Å². The fraction of sp³-hybridized carbons (Fsp3) is 0.783. The molecular weight excluding hydrogens is 854 g/mol. The molecule has 0 saturated carbocycles. The van der Waals surface area contributed by atoms with Crippen molar-refractivity contribution in [1.29, 1.82) is 0 Å². The van der Waals surface area contributed by atoms with Gasteiger partial charge in [-0.1, -0.05) is 172 Å². The predicted octanol–water partition coefficient (Wildman–Crippen LogP) is 10.0. The molecule has 0 aliphatic carbocycles. The van der Waals surface area contributed by atoms with Gasteiger partial charge in [-0.15, -0.1) is 0 Å². The van der Waals surface area contributed by atoms with E-state index in [4.69, 9.17) is 23.8 Å². The second-order valence-electron chi connectivity index (χ2n) is 16.6. The molecule has 0 spiro atoms. The third-order valence-corrected chi connectivity index (χ3v) is 11.3. The maximum atomic E-state index is 12.7. The zero-order chi connectivity index (χ0) is 47.0. The van der Waals surface area contributed by atoms with Crippen molar-refractivity contribution < 1.29 is 71.8 Å². The van der Waals surface area contributed by atoms with Gasteiger partial charge in [-0.05, 0) is 44.4 Å². The van der Waals surface area contributed by atoms with Crippen molar-refractivity contribution in [1.82, 2.24) is 0 Å². The summed E-state index contributed by atoms with van der Waals surface area (Å²) in [6, 6.07) is 0. The Morgan fingerprint density at radius 2 is 1.08 bits per heavy atom. The van der Waals surface area contributed by atoms with Crippen LogP contribution in [-0.2, 0) is 41.8 Å². The lowest BCUT2D eigenvalue weighted by atomic mass is 10.0. The normalized spacial score (nSPS) is 15.5. The average Bonchev–Trinajstić information content (AvgIpc) is 3.22. The molecule has 0 bridgehead atoms. The Kier molecular flexibility index (Phi) is 39.0. The topological polar surface area (TPSA) is 236 Å². The highest BCUT2D eigenvalue weighted by Gasteiger charge is 2.28. The summed E-state index contributed by atoms with van der Waals surface area (Å²) in [4.78, 5) is 52.8. The van der Waals surface area contributed by atoms with Crippen LogP contribution in [0.1, 0.15) is 175 Å². The Labute approximate surface area is 378 Å². The summed E-state index contributed by atoms with van der Waals surface area (Å²) in [5, 5.41) is 30.1. The minimum absolute atomic E-state index is 0.128. The highest BCUT2D eigenvalue weighted by atomic mass is 31.2. The lowest BCUT2D eigenvalue weighted by Gasteiger charge is -2.20. The first-order valence-corrected chi connectivity index (χ1v) is 26.4. The summed E-state index contributed by atoms with van der Waals surface area (Å²) >= 11 is 0. The monoisotopic (exact) mass is 939 g/mol. The molecule has 0 heterocycles. The molecule has 368 valence electrons. The number of aliphatic hydroxyl groups excluding tert-OH is 3. The zero-order valence-corrected chi connectivity index (χ0v) is 40.3. The summed E-state index contributed by atoms with van der Waals surface area (Å²) in [6.45, 7) is 3.76. The number of phosphoric ester groups is 2. The second kappa shape index (κ2) is 40.3. The number of phosphoric acid groups is 2. The van der Waals surface area contributed by atoms with Crippen LogP contribution in [0, 0.1) is 5.92 Å². The minimum atomic E-state index is -4.89. The van der Waals surface area contributed by atoms with E-state index in [9.17, 15) is 38.9 Å². The quantitative estimate of drug-likeness (QED) is 0.0110. The van der Waals surface area contributed by atoms with Crippen molar-refractivity contribution in [3.05, 3.63) is 48.6 Å². The standard InChI is InChI=1S/C46H84O15P2/c1-4-5-6-7-19-24-30-41(47)31-25-21-22-26-32-42(48)33-28-35-46(51)61-44(39-60-63(55,56)59-37-43(49)36-58-62(52,53)54)38-57-45(50)34-27-20-17-15-13-11-9-8-10-12-14-16-18-23-29-40(2)3/h19,21-22,24-26,31-32,40-44,47-49H,4-18,20,23,27-30,33-39H2,1-3H3,(H,55,56)(H2,52,53,54)/b22-21+,24-19-,31-25+,32-26-/t41-,42-,43-,44+/m0/s1. The van der Waals surface area contributed by atoms with E-state index in [-0.39, 0.29) is 25.7 Å². The number of unbranched alkanes of at least 4 members (excludes halogenated alkanes) is 16. The third-order valence-electron chi connectivity index (χ3n) is 9.83. The van der Waals surface area contributed by atoms with Crippen LogP contribution in [0.5, 0.6) is 0 Å². The summed E-state index contributed by atoms with van der Waals surface area (Å²) < 4.78 is 47.7. The molecule has 17 heteroatoms. The van der Waals surface area contributed by atoms with Gasteiger partial charge >= 0.3 is 27.6 Å². The van der Waals surface area contributed by atoms with Crippen LogP contribution in [0.3, 0.4) is 0 Å². The van der Waals surface area contributed by atoms with Gasteiger partial charge in [-0.3, -0.25) is 23.2 Å². The summed E-state index contributed by atoms with van der Waals surface area (Å²) in [6.07, 6.45) is 33.0. The van der Waals surface area contributed by atoms with Gasteiger partial charge in [0, 0.05) is 12.8 Å². The lowest BCUT2D eigenvalue weighted by Crippen LogP contribution is -2.30. The average molecular weight is 939 g/mol. The number of hydrogen-bond donors (Lipinski definition) is 6. The summed E-state index contributed by atoms with van der Waals surface area (Å²) in [5.74, 6) is -0.469. The van der Waals surface area contributed by atoms with Crippen LogP contribution in [0.15, 0.2) is 48.6 Å². The fourth-order valence-corrected chi connectivity index (χ4v) is 7.35. The molecule has 15 nitrogen and oxygen atoms in total. The number of ether oxygens (including phenoxy) is 2. The molecule has 0 aromatic carbocycles. The first kappa shape index (κ1) is 61.0. The van der Waals surface area contributed by atoms with E-state index >= 15 is 0 Å². The molecule has 0 aliphatic rings. The number of hydrogen-bond acceptors (Lipinski definition) is 12. The number of carbonyl (C=O) groups excluding carboxylic acids is 2. The van der Waals surface area contributed by atoms with Crippen LogP contribution < -0.4 is 0 Å². The number of allylic oxidation sites excluding steroid dienone is 5. The van der Waals surface area contributed by atoms with Crippen LogP contribution in [0.2, 0.25) is 0 Å². The van der Waals surface area contributed by atoms with Gasteiger partial charge < -0.3 is 39.5 Å². The first-order valence-electron chi connectivity index (χ1n) is 23.4. The van der Waals surface area contributed by atoms with Gasteiger partial charge in [0.05, 0.1) is 32.0 Å². The van der Waals surface area contributed by atoms with Crippen molar-refractivity contribution in [2.75, 3.05) is 26.4 Å². The largest absolute Gasteiger partial charge is 0.472 e. The van der Waals surface area contributed by atoms with E-state index in [0.717, 1.165) is 38.0 Å². The summed E-state index contributed by atoms with van der Waals surface area (Å²) in [5.41, 5.74) is 0. The van der Waals surface area contributed by atoms with Crippen LogP contribution in [-0.4, -0.2) is 92.8 Å². The van der Waals surface area contributed by atoms with Crippen LogP contribution >= 0.6 is 15.6 Å². The predicted molar refractivity (Wildman–Crippen MR) is 246 cm³/mol. The van der Waals surface area contributed by atoms with E-state index in [0.29, 0.717) is 12.8 Å². The molecule has 63 heavy (non-hydrogen) atoms. The van der Waals surface area contributed by atoms with Crippen molar-refractivity contribution >= 4 is 27.6 Å². The van der Waals surface area contributed by atoms with Crippen LogP contribution in [0.25, 0.3) is 0 Å². The van der Waals surface area contributed by atoms with E-state index in [1.165, 1.54) is 83.5 Å². The molecule has 0 aromatic rings. The Morgan fingerprint density at radius 1 is 0.556 bits per heavy atom. The SMILES string of the molecule is CCCCC/C=C\C[C@H](O)/C=C/C=C/C=C\[C@H](O)CCCC(=O)O[C@H](COC(=O)CCCCCCCCCCCCCCCCC(C)C)COP(=O)(O)OC[C@@H](O)COP(=O)(O)O. The third kappa shape index (κ3) is 45.0. The Bertz CT molecular complexity index is 1350. The van der Waals surface area contributed by atoms with E-state index in [1.54, 1.807) is 36.5 Å². The molecule has 6 N–H and O–H groups in total. The zero-order valence-electron chi connectivity index (χ0n) is 38.6. The fourth-order valence-electron chi connectivity index (χ4n) is 6.20. The Balaban J connectivity index is 4.71. The van der Waals surface area contributed by atoms with Gasteiger partial charge in [-0.2, -0.15) is 0 Å².